The summed E-state index contributed by atoms with van der Waals surface area (Å²) in [6.45, 7) is 5.28. The molecule has 0 unspecified atom stereocenters. The average molecular weight is 443 g/mol. The minimum Gasteiger partial charge on any atom is -0.444 e. The van der Waals surface area contributed by atoms with Gasteiger partial charge in [-0.1, -0.05) is 6.07 Å². The molecule has 1 aromatic carbocycles. The van der Waals surface area contributed by atoms with E-state index in [0.717, 1.165) is 12.8 Å². The summed E-state index contributed by atoms with van der Waals surface area (Å²) in [6, 6.07) is 7.99. The first-order valence-electron chi connectivity index (χ1n) is 10.5. The Morgan fingerprint density at radius 1 is 1.34 bits per heavy atom. The number of nitrogens with one attached hydrogen (secondary N) is 1. The van der Waals surface area contributed by atoms with Gasteiger partial charge in [-0.3, -0.25) is 9.88 Å². The maximum atomic E-state index is 14.8. The van der Waals surface area contributed by atoms with Crippen LogP contribution >= 0.6 is 0 Å². The topological polar surface area (TPSA) is 101 Å². The molecule has 1 saturated heterocycles. The number of benzene rings is 1. The van der Waals surface area contributed by atoms with Gasteiger partial charge < -0.3 is 19.9 Å². The summed E-state index contributed by atoms with van der Waals surface area (Å²) in [5.41, 5.74) is 0.815. The number of aliphatic hydroxyl groups is 1. The van der Waals surface area contributed by atoms with Crippen LogP contribution in [0.2, 0.25) is 0 Å². The highest BCUT2D eigenvalue weighted by atomic mass is 19.1. The lowest BCUT2D eigenvalue weighted by molar-refractivity contribution is 0.0493. The van der Waals surface area contributed by atoms with Crippen LogP contribution in [-0.2, 0) is 15.0 Å². The van der Waals surface area contributed by atoms with Crippen molar-refractivity contribution in [3.63, 3.8) is 0 Å². The van der Waals surface area contributed by atoms with Crippen molar-refractivity contribution < 1.29 is 28.6 Å². The van der Waals surface area contributed by atoms with E-state index in [1.807, 2.05) is 0 Å². The third-order valence-electron chi connectivity index (χ3n) is 5.40. The van der Waals surface area contributed by atoms with Gasteiger partial charge in [-0.2, -0.15) is 0 Å². The molecule has 2 aromatic rings. The van der Waals surface area contributed by atoms with E-state index in [1.54, 1.807) is 51.2 Å². The van der Waals surface area contributed by atoms with Crippen LogP contribution in [0.1, 0.15) is 39.3 Å². The first kappa shape index (κ1) is 22.0. The number of halogens is 1. The van der Waals surface area contributed by atoms with Crippen molar-refractivity contribution in [2.24, 2.45) is 0 Å². The van der Waals surface area contributed by atoms with Crippen molar-refractivity contribution in [1.29, 1.82) is 0 Å². The highest BCUT2D eigenvalue weighted by Gasteiger charge is 2.48. The minimum absolute atomic E-state index is 0.164. The first-order valence-corrected chi connectivity index (χ1v) is 10.5. The summed E-state index contributed by atoms with van der Waals surface area (Å²) < 4.78 is 25.2. The standard InChI is InChI=1S/C23H26FN3O5/c1-22(2,3)32-20(29)26-23(8-9-23)19-7-4-14(11-25-19)17-6-5-15(10-18(17)24)27-12-16(13-28)31-21(27)30/h4-7,10-11,16,28H,8-9,12-13H2,1-3H3,(H,26,29)/t16-/m1/s1. The van der Waals surface area contributed by atoms with Crippen LogP contribution in [0.25, 0.3) is 11.1 Å². The minimum atomic E-state index is -0.619. The molecule has 2 aliphatic rings. The van der Waals surface area contributed by atoms with E-state index in [2.05, 4.69) is 10.3 Å². The van der Waals surface area contributed by atoms with Gasteiger partial charge >= 0.3 is 12.2 Å². The number of amides is 2. The Labute approximate surface area is 185 Å². The van der Waals surface area contributed by atoms with Gasteiger partial charge in [-0.25, -0.2) is 14.0 Å². The summed E-state index contributed by atoms with van der Waals surface area (Å²) in [5, 5.41) is 12.1. The van der Waals surface area contributed by atoms with Crippen molar-refractivity contribution >= 4 is 17.9 Å². The van der Waals surface area contributed by atoms with E-state index in [4.69, 9.17) is 14.6 Å². The van der Waals surface area contributed by atoms with Gasteiger partial charge in [0.1, 0.15) is 17.5 Å². The second kappa shape index (κ2) is 8.05. The number of nitrogens with zero attached hydrogens (tertiary/aromatic N) is 2. The molecule has 32 heavy (non-hydrogen) atoms. The number of cyclic esters (lactones) is 1. The molecule has 2 N–H and O–H groups in total. The van der Waals surface area contributed by atoms with Crippen molar-refractivity contribution in [2.45, 2.75) is 50.9 Å². The van der Waals surface area contributed by atoms with Crippen LogP contribution in [0.4, 0.5) is 19.7 Å². The molecular weight excluding hydrogens is 417 g/mol. The predicted molar refractivity (Wildman–Crippen MR) is 115 cm³/mol. The molecule has 0 spiro atoms. The van der Waals surface area contributed by atoms with E-state index in [9.17, 15) is 14.0 Å². The van der Waals surface area contributed by atoms with E-state index < -0.39 is 35.2 Å². The number of carbonyl (C=O) groups is 2. The van der Waals surface area contributed by atoms with E-state index >= 15 is 0 Å². The number of hydrogen-bond donors (Lipinski definition) is 2. The van der Waals surface area contributed by atoms with Crippen molar-refractivity contribution in [1.82, 2.24) is 10.3 Å². The molecule has 1 saturated carbocycles. The van der Waals surface area contributed by atoms with Crippen LogP contribution in [0, 0.1) is 5.82 Å². The summed E-state index contributed by atoms with van der Waals surface area (Å²) in [5.74, 6) is -0.509. The van der Waals surface area contributed by atoms with Gasteiger partial charge in [0.15, 0.2) is 0 Å². The smallest absolute Gasteiger partial charge is 0.414 e. The van der Waals surface area contributed by atoms with Crippen LogP contribution in [0.15, 0.2) is 36.5 Å². The number of ether oxygens (including phenoxy) is 2. The number of aliphatic hydroxyl groups excluding tert-OH is 1. The molecule has 0 radical (unpaired) electrons. The normalized spacial score (nSPS) is 19.5. The number of carbonyl (C=O) groups excluding carboxylic acids is 2. The lowest BCUT2D eigenvalue weighted by Crippen LogP contribution is -2.39. The van der Waals surface area contributed by atoms with Crippen LogP contribution < -0.4 is 10.2 Å². The zero-order valence-corrected chi connectivity index (χ0v) is 18.2. The molecule has 170 valence electrons. The molecule has 9 heteroatoms. The molecule has 1 aromatic heterocycles. The van der Waals surface area contributed by atoms with Crippen LogP contribution in [0.3, 0.4) is 0 Å². The van der Waals surface area contributed by atoms with Crippen molar-refractivity contribution in [2.75, 3.05) is 18.1 Å². The first-order chi connectivity index (χ1) is 15.1. The molecule has 1 aliphatic heterocycles. The molecule has 1 aliphatic carbocycles. The van der Waals surface area contributed by atoms with E-state index in [-0.39, 0.29) is 13.2 Å². The Kier molecular flexibility index (Phi) is 5.54. The summed E-state index contributed by atoms with van der Waals surface area (Å²) >= 11 is 0. The number of rotatable bonds is 5. The Morgan fingerprint density at radius 2 is 2.09 bits per heavy atom. The average Bonchev–Trinajstić information content (AvgIpc) is 3.39. The predicted octanol–water partition coefficient (Wildman–Crippen LogP) is 3.72. The third kappa shape index (κ3) is 4.52. The summed E-state index contributed by atoms with van der Waals surface area (Å²) in [7, 11) is 0. The van der Waals surface area contributed by atoms with Crippen molar-refractivity contribution in [3.8, 4) is 11.1 Å². The van der Waals surface area contributed by atoms with Gasteiger partial charge in [-0.15, -0.1) is 0 Å². The Hall–Kier alpha value is -3.20. The number of aromatic nitrogens is 1. The monoisotopic (exact) mass is 443 g/mol. The summed E-state index contributed by atoms with van der Waals surface area (Å²) in [4.78, 5) is 29.8. The zero-order valence-electron chi connectivity index (χ0n) is 18.2. The second-order valence-corrected chi connectivity index (χ2v) is 9.10. The molecule has 1 atom stereocenters. The lowest BCUT2D eigenvalue weighted by atomic mass is 10.0. The number of pyridine rings is 1. The largest absolute Gasteiger partial charge is 0.444 e. The fourth-order valence-electron chi connectivity index (χ4n) is 3.64. The fourth-order valence-corrected chi connectivity index (χ4v) is 3.64. The maximum Gasteiger partial charge on any atom is 0.414 e. The van der Waals surface area contributed by atoms with Gasteiger partial charge in [0.05, 0.1) is 30.1 Å². The fraction of sp³-hybridized carbons (Fsp3) is 0.435. The molecule has 8 nitrogen and oxygen atoms in total. The number of anilines is 1. The quantitative estimate of drug-likeness (QED) is 0.731. The molecular formula is C23H26FN3O5. The number of alkyl carbamates (subject to hydrolysis) is 1. The van der Waals surface area contributed by atoms with Crippen molar-refractivity contribution in [3.05, 3.63) is 48.0 Å². The van der Waals surface area contributed by atoms with Gasteiger partial charge in [0.2, 0.25) is 0 Å². The van der Waals surface area contributed by atoms with Crippen LogP contribution in [0.5, 0.6) is 0 Å². The SMILES string of the molecule is CC(C)(C)OC(=O)NC1(c2ccc(-c3ccc(N4C[C@H](CO)OC4=O)cc3F)cn2)CC1. The van der Waals surface area contributed by atoms with E-state index in [1.165, 1.54) is 11.0 Å². The Balaban J connectivity index is 1.49. The lowest BCUT2D eigenvalue weighted by Gasteiger charge is -2.23. The molecule has 0 bridgehead atoms. The zero-order chi connectivity index (χ0) is 23.1. The molecule has 2 fully saturated rings. The third-order valence-corrected chi connectivity index (χ3v) is 5.40. The highest BCUT2D eigenvalue weighted by Crippen LogP contribution is 2.45. The second-order valence-electron chi connectivity index (χ2n) is 9.10. The summed E-state index contributed by atoms with van der Waals surface area (Å²) in [6.07, 6.45) is 1.34. The molecule has 2 heterocycles. The number of hydrogen-bond acceptors (Lipinski definition) is 6. The van der Waals surface area contributed by atoms with Gasteiger partial charge in [0.25, 0.3) is 0 Å². The maximum absolute atomic E-state index is 14.8. The van der Waals surface area contributed by atoms with Gasteiger partial charge in [0, 0.05) is 17.3 Å². The van der Waals surface area contributed by atoms with E-state index in [0.29, 0.717) is 22.5 Å². The highest BCUT2D eigenvalue weighted by molar-refractivity contribution is 5.90. The Morgan fingerprint density at radius 3 is 2.62 bits per heavy atom. The van der Waals surface area contributed by atoms with Crippen LogP contribution in [-0.4, -0.2) is 47.1 Å². The molecule has 4 rings (SSSR count). The molecule has 2 amide bonds. The Bertz CT molecular complexity index is 1030. The van der Waals surface area contributed by atoms with Gasteiger partial charge in [-0.05, 0) is 57.9 Å².